The number of benzene rings is 2. The van der Waals surface area contributed by atoms with E-state index in [4.69, 9.17) is 14.2 Å². The van der Waals surface area contributed by atoms with Gasteiger partial charge in [-0.25, -0.2) is 4.79 Å². The van der Waals surface area contributed by atoms with Gasteiger partial charge in [0.05, 0.1) is 27.0 Å². The number of para-hydroxylation sites is 1. The van der Waals surface area contributed by atoms with Gasteiger partial charge in [-0.15, -0.1) is 0 Å². The number of aromatic nitrogens is 1. The van der Waals surface area contributed by atoms with Gasteiger partial charge in [-0.1, -0.05) is 18.2 Å². The lowest BCUT2D eigenvalue weighted by molar-refractivity contribution is 0.219. The predicted octanol–water partition coefficient (Wildman–Crippen LogP) is 3.62. The van der Waals surface area contributed by atoms with Crippen molar-refractivity contribution in [2.75, 3.05) is 38.7 Å². The van der Waals surface area contributed by atoms with Crippen LogP contribution in [0.3, 0.4) is 0 Å². The molecule has 1 saturated heterocycles. The van der Waals surface area contributed by atoms with Crippen molar-refractivity contribution in [3.63, 3.8) is 0 Å². The number of hydrogen-bond donors (Lipinski definition) is 0. The van der Waals surface area contributed by atoms with Crippen LogP contribution in [-0.4, -0.2) is 58.3 Å². The Hall–Kier alpha value is -3.40. The third kappa shape index (κ3) is 3.84. The van der Waals surface area contributed by atoms with Gasteiger partial charge in [-0.2, -0.15) is 12.7 Å². The molecule has 1 fully saturated rings. The van der Waals surface area contributed by atoms with Gasteiger partial charge < -0.3 is 23.7 Å². The minimum Gasteiger partial charge on any atom is -0.493 e. The molecular formula is C23H27N3O6S. The van der Waals surface area contributed by atoms with Gasteiger partial charge in [-0.3, -0.25) is 0 Å². The second-order valence-electron chi connectivity index (χ2n) is 7.73. The van der Waals surface area contributed by atoms with Crippen molar-refractivity contribution in [1.82, 2.24) is 9.47 Å². The molecule has 0 unspecified atom stereocenters. The number of sulfonamides is 1. The lowest BCUT2D eigenvalue weighted by atomic mass is 10.2. The normalized spacial score (nSPS) is 13.9. The highest BCUT2D eigenvalue weighted by Gasteiger charge is 2.38. The Morgan fingerprint density at radius 3 is 2.09 bits per heavy atom. The van der Waals surface area contributed by atoms with E-state index in [0.29, 0.717) is 18.8 Å². The quantitative estimate of drug-likeness (QED) is 0.543. The molecule has 0 atom stereocenters. The van der Waals surface area contributed by atoms with Crippen LogP contribution >= 0.6 is 0 Å². The molecule has 10 heteroatoms. The third-order valence-electron chi connectivity index (χ3n) is 5.85. The first-order chi connectivity index (χ1) is 15.8. The number of carbonyl (C=O) groups is 1. The molecule has 2 heterocycles. The predicted molar refractivity (Wildman–Crippen MR) is 125 cm³/mol. The van der Waals surface area contributed by atoms with Crippen molar-refractivity contribution in [3.8, 4) is 17.2 Å². The molecule has 9 nitrogen and oxygen atoms in total. The smallest absolute Gasteiger partial charge is 0.338 e. The summed E-state index contributed by atoms with van der Waals surface area (Å²) in [7, 11) is 1.70. The van der Waals surface area contributed by atoms with Crippen LogP contribution in [0.4, 0.5) is 10.5 Å². The number of likely N-dealkylation sites (tertiary alicyclic amines) is 1. The van der Waals surface area contributed by atoms with E-state index < -0.39 is 16.1 Å². The van der Waals surface area contributed by atoms with Crippen LogP contribution in [0.2, 0.25) is 0 Å². The fourth-order valence-corrected chi connectivity index (χ4v) is 5.79. The number of methoxy groups -OCH3 is 3. The molecule has 2 amide bonds. The number of aryl methyl sites for hydroxylation is 1. The molecule has 0 N–H and O–H groups in total. The van der Waals surface area contributed by atoms with Crippen LogP contribution in [0.5, 0.6) is 17.2 Å². The van der Waals surface area contributed by atoms with Gasteiger partial charge >= 0.3 is 6.03 Å². The van der Waals surface area contributed by atoms with E-state index in [9.17, 15) is 13.2 Å². The lowest BCUT2D eigenvalue weighted by Crippen LogP contribution is -2.45. The van der Waals surface area contributed by atoms with Crippen molar-refractivity contribution in [2.45, 2.75) is 17.9 Å². The van der Waals surface area contributed by atoms with Crippen molar-refractivity contribution < 1.29 is 27.4 Å². The molecule has 1 aliphatic rings. The van der Waals surface area contributed by atoms with Crippen molar-refractivity contribution in [3.05, 3.63) is 42.5 Å². The number of nitrogens with zero attached hydrogens (tertiary/aromatic N) is 3. The maximum atomic E-state index is 14.0. The summed E-state index contributed by atoms with van der Waals surface area (Å²) in [5, 5.41) is 0.766. The molecule has 0 aliphatic carbocycles. The maximum Gasteiger partial charge on any atom is 0.338 e. The topological polar surface area (TPSA) is 90.3 Å². The lowest BCUT2D eigenvalue weighted by Gasteiger charge is -2.28. The van der Waals surface area contributed by atoms with E-state index in [-0.39, 0.29) is 22.2 Å². The van der Waals surface area contributed by atoms with Crippen molar-refractivity contribution in [2.24, 2.45) is 7.05 Å². The minimum absolute atomic E-state index is 0.00463. The summed E-state index contributed by atoms with van der Waals surface area (Å²) in [5.74, 6) is 0.802. The number of hydrogen-bond acceptors (Lipinski definition) is 6. The van der Waals surface area contributed by atoms with Gasteiger partial charge in [0.25, 0.3) is 10.0 Å². The summed E-state index contributed by atoms with van der Waals surface area (Å²) in [6, 6.07) is 11.2. The number of amides is 2. The molecule has 33 heavy (non-hydrogen) atoms. The molecular weight excluding hydrogens is 446 g/mol. The third-order valence-corrected chi connectivity index (χ3v) is 7.61. The zero-order valence-corrected chi connectivity index (χ0v) is 19.9. The standard InChI is InChI=1S/C23H27N3O6S/c1-24-18-10-6-5-9-16(18)13-21(24)33(28,29)26(23(27)25-11-7-8-12-25)17-14-19(30-2)22(32-4)20(15-17)31-3/h5-6,9-10,13-15H,7-8,11-12H2,1-4H3. The average molecular weight is 474 g/mol. The van der Waals surface area contributed by atoms with E-state index in [1.165, 1.54) is 33.5 Å². The van der Waals surface area contributed by atoms with Crippen LogP contribution < -0.4 is 18.5 Å². The molecule has 3 aromatic rings. The summed E-state index contributed by atoms with van der Waals surface area (Å²) in [4.78, 5) is 15.1. The summed E-state index contributed by atoms with van der Waals surface area (Å²) in [6.45, 7) is 0.981. The number of urea groups is 1. The SMILES string of the molecule is COc1cc(N(C(=O)N2CCCC2)S(=O)(=O)c2cc3ccccc3n2C)cc(OC)c1OC. The fraction of sp³-hybridized carbons (Fsp3) is 0.348. The number of fused-ring (bicyclic) bond motifs is 1. The van der Waals surface area contributed by atoms with Gasteiger partial charge in [0.1, 0.15) is 0 Å². The average Bonchev–Trinajstić information content (AvgIpc) is 3.47. The second kappa shape index (κ2) is 8.86. The fourth-order valence-electron chi connectivity index (χ4n) is 4.18. The van der Waals surface area contributed by atoms with Gasteiger partial charge in [0.2, 0.25) is 5.75 Å². The van der Waals surface area contributed by atoms with Crippen molar-refractivity contribution >= 4 is 32.6 Å². The highest BCUT2D eigenvalue weighted by Crippen LogP contribution is 2.42. The van der Waals surface area contributed by atoms with Gasteiger partial charge in [0.15, 0.2) is 16.5 Å². The number of rotatable bonds is 6. The van der Waals surface area contributed by atoms with Crippen LogP contribution in [-0.2, 0) is 17.1 Å². The Labute approximate surface area is 193 Å². The van der Waals surface area contributed by atoms with E-state index >= 15 is 0 Å². The molecule has 176 valence electrons. The Morgan fingerprint density at radius 2 is 1.55 bits per heavy atom. The van der Waals surface area contributed by atoms with E-state index in [1.807, 2.05) is 24.3 Å². The first-order valence-electron chi connectivity index (χ1n) is 10.5. The molecule has 0 bridgehead atoms. The highest BCUT2D eigenvalue weighted by atomic mass is 32.2. The first-order valence-corrected chi connectivity index (χ1v) is 12.0. The summed E-state index contributed by atoms with van der Waals surface area (Å²) in [6.07, 6.45) is 1.64. The van der Waals surface area contributed by atoms with Crippen LogP contribution in [0.25, 0.3) is 10.9 Å². The largest absolute Gasteiger partial charge is 0.493 e. The van der Waals surface area contributed by atoms with E-state index in [0.717, 1.165) is 28.0 Å². The van der Waals surface area contributed by atoms with E-state index in [1.54, 1.807) is 22.6 Å². The summed E-state index contributed by atoms with van der Waals surface area (Å²) >= 11 is 0. The maximum absolute atomic E-state index is 14.0. The second-order valence-corrected chi connectivity index (χ2v) is 9.46. The molecule has 1 aromatic heterocycles. The van der Waals surface area contributed by atoms with Crippen LogP contribution in [0.1, 0.15) is 12.8 Å². The minimum atomic E-state index is -4.30. The molecule has 0 spiro atoms. The number of anilines is 1. The Kier molecular flexibility index (Phi) is 6.11. The van der Waals surface area contributed by atoms with Crippen molar-refractivity contribution in [1.29, 1.82) is 0 Å². The summed E-state index contributed by atoms with van der Waals surface area (Å²) < 4.78 is 46.6. The number of carbonyl (C=O) groups excluding carboxylic acids is 1. The highest BCUT2D eigenvalue weighted by molar-refractivity contribution is 7.93. The van der Waals surface area contributed by atoms with Gasteiger partial charge in [-0.05, 0) is 25.0 Å². The molecule has 4 rings (SSSR count). The molecule has 1 aliphatic heterocycles. The van der Waals surface area contributed by atoms with Gasteiger partial charge in [0, 0.05) is 43.2 Å². The molecule has 0 radical (unpaired) electrons. The number of ether oxygens (including phenoxy) is 3. The van der Waals surface area contributed by atoms with Crippen LogP contribution in [0.15, 0.2) is 47.5 Å². The Balaban J connectivity index is 1.94. The summed E-state index contributed by atoms with van der Waals surface area (Å²) in [5.41, 5.74) is 0.848. The first kappa shape index (κ1) is 22.8. The van der Waals surface area contributed by atoms with E-state index in [2.05, 4.69) is 0 Å². The Morgan fingerprint density at radius 1 is 0.939 bits per heavy atom. The zero-order valence-electron chi connectivity index (χ0n) is 19.1. The van der Waals surface area contributed by atoms with Crippen LogP contribution in [0, 0.1) is 0 Å². The molecule has 2 aromatic carbocycles. The Bertz CT molecular complexity index is 1270. The zero-order chi connectivity index (χ0) is 23.8. The monoisotopic (exact) mass is 473 g/mol. The molecule has 0 saturated carbocycles.